The second-order valence-corrected chi connectivity index (χ2v) is 10.4. The van der Waals surface area contributed by atoms with Crippen LogP contribution in [0.15, 0.2) is 39.6 Å². The van der Waals surface area contributed by atoms with Crippen LogP contribution >= 0.6 is 23.1 Å². The van der Waals surface area contributed by atoms with Gasteiger partial charge in [0.2, 0.25) is 5.91 Å². The average molecular weight is 442 g/mol. The Labute approximate surface area is 185 Å². The van der Waals surface area contributed by atoms with E-state index >= 15 is 0 Å². The number of amides is 1. The van der Waals surface area contributed by atoms with Crippen LogP contribution in [0, 0.1) is 25.7 Å². The largest absolute Gasteiger partial charge is 0.341 e. The minimum atomic E-state index is -0.0721. The van der Waals surface area contributed by atoms with Crippen molar-refractivity contribution in [1.82, 2.24) is 14.5 Å². The summed E-state index contributed by atoms with van der Waals surface area (Å²) in [6.45, 7) is 10.1. The van der Waals surface area contributed by atoms with E-state index in [-0.39, 0.29) is 17.2 Å². The van der Waals surface area contributed by atoms with E-state index in [2.05, 4.69) is 19.9 Å². The van der Waals surface area contributed by atoms with E-state index in [1.807, 2.05) is 42.3 Å². The van der Waals surface area contributed by atoms with Crippen LogP contribution in [0.3, 0.4) is 0 Å². The molecule has 4 rings (SSSR count). The molecule has 1 saturated heterocycles. The maximum absolute atomic E-state index is 13.3. The Morgan fingerprint density at radius 1 is 1.20 bits per heavy atom. The van der Waals surface area contributed by atoms with E-state index in [0.29, 0.717) is 27.2 Å². The number of likely N-dealkylation sites (tertiary alicyclic amines) is 1. The highest BCUT2D eigenvalue weighted by Crippen LogP contribution is 2.27. The van der Waals surface area contributed by atoms with E-state index in [0.717, 1.165) is 29.9 Å². The molecule has 0 N–H and O–H groups in total. The average Bonchev–Trinajstić information content (AvgIpc) is 3.15. The predicted octanol–water partition coefficient (Wildman–Crippen LogP) is 4.66. The number of fused-ring (bicyclic) bond motifs is 1. The van der Waals surface area contributed by atoms with Gasteiger partial charge in [-0.15, -0.1) is 11.3 Å². The Bertz CT molecular complexity index is 1140. The van der Waals surface area contributed by atoms with E-state index < -0.39 is 0 Å². The van der Waals surface area contributed by atoms with Gasteiger partial charge in [0.15, 0.2) is 5.16 Å². The number of thioether (sulfide) groups is 1. The number of thiophene rings is 1. The molecule has 2 aromatic heterocycles. The lowest BCUT2D eigenvalue weighted by Crippen LogP contribution is -2.43. The molecule has 7 heteroatoms. The van der Waals surface area contributed by atoms with Crippen molar-refractivity contribution in [3.05, 3.63) is 51.1 Å². The number of nitrogens with zero attached hydrogens (tertiary/aromatic N) is 3. The summed E-state index contributed by atoms with van der Waals surface area (Å²) in [5.74, 6) is 1.45. The topological polar surface area (TPSA) is 55.2 Å². The van der Waals surface area contributed by atoms with Gasteiger partial charge in [0.25, 0.3) is 5.56 Å². The van der Waals surface area contributed by atoms with Gasteiger partial charge in [-0.1, -0.05) is 43.3 Å². The summed E-state index contributed by atoms with van der Waals surface area (Å²) in [6, 6.07) is 7.90. The fourth-order valence-corrected chi connectivity index (χ4v) is 6.01. The van der Waals surface area contributed by atoms with Crippen LogP contribution in [0.5, 0.6) is 0 Å². The molecule has 0 saturated carbocycles. The molecular weight excluding hydrogens is 414 g/mol. The van der Waals surface area contributed by atoms with E-state index in [9.17, 15) is 9.59 Å². The van der Waals surface area contributed by atoms with Crippen molar-refractivity contribution in [2.75, 3.05) is 18.8 Å². The summed E-state index contributed by atoms with van der Waals surface area (Å²) >= 11 is 2.76. The second kappa shape index (κ2) is 8.55. The first-order valence-corrected chi connectivity index (χ1v) is 12.2. The van der Waals surface area contributed by atoms with Crippen molar-refractivity contribution in [3.63, 3.8) is 0 Å². The number of aryl methyl sites for hydroxylation is 2. The zero-order valence-corrected chi connectivity index (χ0v) is 19.5. The number of hydrogen-bond acceptors (Lipinski definition) is 5. The maximum atomic E-state index is 13.3. The first kappa shape index (κ1) is 21.1. The van der Waals surface area contributed by atoms with Gasteiger partial charge in [0.1, 0.15) is 4.70 Å². The number of carbonyl (C=O) groups is 1. The molecule has 2 atom stereocenters. The highest BCUT2D eigenvalue weighted by Gasteiger charge is 2.26. The Balaban J connectivity index is 1.68. The molecule has 3 heterocycles. The van der Waals surface area contributed by atoms with Crippen LogP contribution in [-0.4, -0.2) is 39.2 Å². The summed E-state index contributed by atoms with van der Waals surface area (Å²) < 4.78 is 2.32. The van der Waals surface area contributed by atoms with Gasteiger partial charge in [-0.2, -0.15) is 0 Å². The molecular formula is C23H27N3O2S2. The highest BCUT2D eigenvalue weighted by atomic mass is 32.2. The third-order valence-electron chi connectivity index (χ3n) is 5.59. The Morgan fingerprint density at radius 3 is 2.63 bits per heavy atom. The van der Waals surface area contributed by atoms with Gasteiger partial charge in [-0.3, -0.25) is 14.2 Å². The quantitative estimate of drug-likeness (QED) is 0.436. The van der Waals surface area contributed by atoms with Gasteiger partial charge in [-0.05, 0) is 55.2 Å². The molecule has 1 fully saturated rings. The van der Waals surface area contributed by atoms with Crippen molar-refractivity contribution >= 4 is 39.2 Å². The van der Waals surface area contributed by atoms with Crippen molar-refractivity contribution in [1.29, 1.82) is 0 Å². The van der Waals surface area contributed by atoms with Gasteiger partial charge < -0.3 is 4.90 Å². The van der Waals surface area contributed by atoms with Crippen molar-refractivity contribution < 1.29 is 4.79 Å². The van der Waals surface area contributed by atoms with Crippen LogP contribution < -0.4 is 5.56 Å². The normalized spacial score (nSPS) is 19.4. The first-order chi connectivity index (χ1) is 14.3. The Hall–Kier alpha value is -2.12. The number of piperidine rings is 1. The molecule has 0 unspecified atom stereocenters. The Morgan fingerprint density at radius 2 is 1.93 bits per heavy atom. The molecule has 30 heavy (non-hydrogen) atoms. The van der Waals surface area contributed by atoms with E-state index in [4.69, 9.17) is 4.98 Å². The fraction of sp³-hybridized carbons (Fsp3) is 0.435. The van der Waals surface area contributed by atoms with Crippen molar-refractivity contribution in [2.24, 2.45) is 11.8 Å². The fourth-order valence-electron chi connectivity index (χ4n) is 4.34. The van der Waals surface area contributed by atoms with Gasteiger partial charge in [0, 0.05) is 13.1 Å². The smallest absolute Gasteiger partial charge is 0.276 e. The first-order valence-electron chi connectivity index (χ1n) is 10.3. The molecule has 5 nitrogen and oxygen atoms in total. The summed E-state index contributed by atoms with van der Waals surface area (Å²) in [4.78, 5) is 32.9. The number of benzene rings is 1. The highest BCUT2D eigenvalue weighted by molar-refractivity contribution is 7.99. The van der Waals surface area contributed by atoms with Crippen molar-refractivity contribution in [3.8, 4) is 5.69 Å². The van der Waals surface area contributed by atoms with Crippen LogP contribution in [0.25, 0.3) is 15.9 Å². The van der Waals surface area contributed by atoms with E-state index in [1.54, 1.807) is 4.57 Å². The molecule has 1 aromatic carbocycles. The molecule has 0 aliphatic carbocycles. The lowest BCUT2D eigenvalue weighted by atomic mass is 9.92. The van der Waals surface area contributed by atoms with Crippen LogP contribution in [0.4, 0.5) is 0 Å². The minimum absolute atomic E-state index is 0.0721. The maximum Gasteiger partial charge on any atom is 0.276 e. The number of aromatic nitrogens is 2. The second-order valence-electron chi connectivity index (χ2n) is 8.49. The molecule has 1 aliphatic rings. The molecule has 0 radical (unpaired) electrons. The van der Waals surface area contributed by atoms with E-state index in [1.165, 1.54) is 29.5 Å². The van der Waals surface area contributed by atoms with Crippen LogP contribution in [0.2, 0.25) is 0 Å². The van der Waals surface area contributed by atoms with Gasteiger partial charge in [0.05, 0.1) is 17.0 Å². The monoisotopic (exact) mass is 441 g/mol. The molecule has 0 spiro atoms. The SMILES string of the molecule is Cc1ccc(-n2c(SCC(=O)N3C[C@@H](C)C[C@H](C)C3)nc3ccsc3c2=O)c(C)c1. The summed E-state index contributed by atoms with van der Waals surface area (Å²) in [7, 11) is 0. The van der Waals surface area contributed by atoms with Gasteiger partial charge in [-0.25, -0.2) is 4.98 Å². The van der Waals surface area contributed by atoms with Gasteiger partial charge >= 0.3 is 0 Å². The minimum Gasteiger partial charge on any atom is -0.341 e. The van der Waals surface area contributed by atoms with Crippen LogP contribution in [0.1, 0.15) is 31.4 Å². The molecule has 1 aliphatic heterocycles. The Kier molecular flexibility index (Phi) is 6.02. The number of carbonyl (C=O) groups excluding carboxylic acids is 1. The lowest BCUT2D eigenvalue weighted by Gasteiger charge is -2.35. The predicted molar refractivity (Wildman–Crippen MR) is 125 cm³/mol. The standard InChI is InChI=1S/C23H27N3O2S2/c1-14-5-6-19(17(4)10-14)26-22(28)21-18(7-8-29-21)24-23(26)30-13-20(27)25-11-15(2)9-16(3)12-25/h5-8,10,15-16H,9,11-13H2,1-4H3/t15-,16-/m0/s1. The number of hydrogen-bond donors (Lipinski definition) is 0. The third kappa shape index (κ3) is 4.18. The number of rotatable bonds is 4. The van der Waals surface area contributed by atoms with Crippen LogP contribution in [-0.2, 0) is 4.79 Å². The summed E-state index contributed by atoms with van der Waals surface area (Å²) in [5.41, 5.74) is 3.61. The van der Waals surface area contributed by atoms with Crippen molar-refractivity contribution in [2.45, 2.75) is 39.3 Å². The molecule has 158 valence electrons. The molecule has 0 bridgehead atoms. The molecule has 3 aromatic rings. The molecule has 1 amide bonds. The summed E-state index contributed by atoms with van der Waals surface area (Å²) in [5, 5.41) is 2.46. The zero-order valence-electron chi connectivity index (χ0n) is 17.8. The lowest BCUT2D eigenvalue weighted by molar-refractivity contribution is -0.130. The third-order valence-corrected chi connectivity index (χ3v) is 7.40. The summed E-state index contributed by atoms with van der Waals surface area (Å²) in [6.07, 6.45) is 1.17. The zero-order chi connectivity index (χ0) is 21.4.